The van der Waals surface area contributed by atoms with Gasteiger partial charge in [0.15, 0.2) is 5.96 Å². The fourth-order valence-corrected chi connectivity index (χ4v) is 3.12. The second-order valence-corrected chi connectivity index (χ2v) is 6.28. The molecule has 1 atom stereocenters. The summed E-state index contributed by atoms with van der Waals surface area (Å²) >= 11 is 6.06. The van der Waals surface area contributed by atoms with Crippen LogP contribution < -0.4 is 15.8 Å². The molecule has 0 aromatic heterocycles. The van der Waals surface area contributed by atoms with Crippen LogP contribution in [0.25, 0.3) is 0 Å². The highest BCUT2D eigenvalue weighted by Gasteiger charge is 2.23. The fraction of sp³-hybridized carbons (Fsp3) is 0.529. The number of para-hydroxylation sites is 1. The van der Waals surface area contributed by atoms with Crippen molar-refractivity contribution in [1.82, 2.24) is 10.2 Å². The molecule has 1 saturated heterocycles. The van der Waals surface area contributed by atoms with Crippen molar-refractivity contribution >= 4 is 23.5 Å². The number of aliphatic imine (C=N–C) groups is 1. The summed E-state index contributed by atoms with van der Waals surface area (Å²) in [5.41, 5.74) is 5.31. The zero-order valence-corrected chi connectivity index (χ0v) is 14.8. The van der Waals surface area contributed by atoms with Crippen molar-refractivity contribution in [3.05, 3.63) is 29.3 Å². The van der Waals surface area contributed by atoms with E-state index in [0.29, 0.717) is 36.3 Å². The van der Waals surface area contributed by atoms with Crippen LogP contribution in [0.2, 0.25) is 5.02 Å². The van der Waals surface area contributed by atoms with Crippen LogP contribution in [-0.2, 0) is 4.79 Å². The van der Waals surface area contributed by atoms with Gasteiger partial charge in [-0.05, 0) is 30.9 Å². The standard InChI is InChI=1S/C17H25ClN4O2/c1-20-17(22-9-4-5-13(12-22)11-16(19)23)21-8-10-24-15-7-3-2-6-14(15)18/h2-3,6-7,13H,4-5,8-12H2,1H3,(H2,19,23)(H,20,21). The number of carbonyl (C=O) groups is 1. The molecule has 1 unspecified atom stereocenters. The highest BCUT2D eigenvalue weighted by Crippen LogP contribution is 2.23. The van der Waals surface area contributed by atoms with Crippen LogP contribution >= 0.6 is 11.6 Å². The molecular weight excluding hydrogens is 328 g/mol. The zero-order chi connectivity index (χ0) is 17.4. The molecule has 7 heteroatoms. The van der Waals surface area contributed by atoms with Gasteiger partial charge in [-0.1, -0.05) is 23.7 Å². The van der Waals surface area contributed by atoms with Gasteiger partial charge in [0.2, 0.25) is 5.91 Å². The smallest absolute Gasteiger partial charge is 0.217 e. The molecule has 1 aliphatic heterocycles. The van der Waals surface area contributed by atoms with Crippen molar-refractivity contribution in [2.75, 3.05) is 33.3 Å². The maximum Gasteiger partial charge on any atom is 0.217 e. The second kappa shape index (κ2) is 9.37. The Hall–Kier alpha value is -1.95. The number of benzene rings is 1. The Morgan fingerprint density at radius 3 is 3.00 bits per heavy atom. The van der Waals surface area contributed by atoms with E-state index in [1.807, 2.05) is 18.2 Å². The average molecular weight is 353 g/mol. The second-order valence-electron chi connectivity index (χ2n) is 5.88. The average Bonchev–Trinajstić information content (AvgIpc) is 2.56. The van der Waals surface area contributed by atoms with Gasteiger partial charge in [-0.2, -0.15) is 0 Å². The van der Waals surface area contributed by atoms with Gasteiger partial charge in [-0.3, -0.25) is 9.79 Å². The van der Waals surface area contributed by atoms with E-state index in [9.17, 15) is 4.79 Å². The quantitative estimate of drug-likeness (QED) is 0.465. The first-order chi connectivity index (χ1) is 11.6. The highest BCUT2D eigenvalue weighted by atomic mass is 35.5. The SMILES string of the molecule is CN=C(NCCOc1ccccc1Cl)N1CCCC(CC(N)=O)C1. The fourth-order valence-electron chi connectivity index (χ4n) is 2.93. The maximum atomic E-state index is 11.1. The van der Waals surface area contributed by atoms with E-state index in [2.05, 4.69) is 15.2 Å². The third-order valence-electron chi connectivity index (χ3n) is 4.00. The third kappa shape index (κ3) is 5.60. The van der Waals surface area contributed by atoms with Crippen molar-refractivity contribution in [3.8, 4) is 5.75 Å². The Balaban J connectivity index is 1.77. The van der Waals surface area contributed by atoms with E-state index in [4.69, 9.17) is 22.1 Å². The normalized spacial score (nSPS) is 18.3. The van der Waals surface area contributed by atoms with Gasteiger partial charge in [0, 0.05) is 26.6 Å². The highest BCUT2D eigenvalue weighted by molar-refractivity contribution is 6.32. The number of nitrogens with one attached hydrogen (secondary N) is 1. The number of primary amides is 1. The largest absolute Gasteiger partial charge is 0.490 e. The van der Waals surface area contributed by atoms with Crippen LogP contribution in [0.3, 0.4) is 0 Å². The molecule has 1 fully saturated rings. The van der Waals surface area contributed by atoms with Crippen LogP contribution in [0.4, 0.5) is 0 Å². The van der Waals surface area contributed by atoms with E-state index in [1.165, 1.54) is 0 Å². The Kier molecular flexibility index (Phi) is 7.18. The van der Waals surface area contributed by atoms with E-state index >= 15 is 0 Å². The lowest BCUT2D eigenvalue weighted by Crippen LogP contribution is -2.48. The predicted molar refractivity (Wildman–Crippen MR) is 96.4 cm³/mol. The lowest BCUT2D eigenvalue weighted by molar-refractivity contribution is -0.119. The summed E-state index contributed by atoms with van der Waals surface area (Å²) in [4.78, 5) is 17.6. The topological polar surface area (TPSA) is 80.0 Å². The number of likely N-dealkylation sites (tertiary alicyclic amines) is 1. The molecule has 2 rings (SSSR count). The van der Waals surface area contributed by atoms with Crippen molar-refractivity contribution in [3.63, 3.8) is 0 Å². The summed E-state index contributed by atoms with van der Waals surface area (Å²) in [6.07, 6.45) is 2.50. The lowest BCUT2D eigenvalue weighted by Gasteiger charge is -2.34. The number of carbonyl (C=O) groups excluding carboxylic acids is 1. The lowest BCUT2D eigenvalue weighted by atomic mass is 9.95. The van der Waals surface area contributed by atoms with Gasteiger partial charge < -0.3 is 20.7 Å². The van der Waals surface area contributed by atoms with Crippen molar-refractivity contribution in [2.24, 2.45) is 16.6 Å². The molecule has 3 N–H and O–H groups in total. The van der Waals surface area contributed by atoms with Gasteiger partial charge >= 0.3 is 0 Å². The number of guanidine groups is 1. The number of piperidine rings is 1. The first-order valence-corrected chi connectivity index (χ1v) is 8.59. The van der Waals surface area contributed by atoms with Gasteiger partial charge in [0.05, 0.1) is 11.6 Å². The molecule has 24 heavy (non-hydrogen) atoms. The monoisotopic (exact) mass is 352 g/mol. The zero-order valence-electron chi connectivity index (χ0n) is 14.0. The summed E-state index contributed by atoms with van der Waals surface area (Å²) in [7, 11) is 1.76. The summed E-state index contributed by atoms with van der Waals surface area (Å²) in [5, 5.41) is 3.90. The van der Waals surface area contributed by atoms with E-state index in [1.54, 1.807) is 13.1 Å². The van der Waals surface area contributed by atoms with E-state index in [0.717, 1.165) is 31.9 Å². The summed E-state index contributed by atoms with van der Waals surface area (Å²) in [5.74, 6) is 1.56. The van der Waals surface area contributed by atoms with E-state index in [-0.39, 0.29) is 5.91 Å². The number of amides is 1. The number of hydrogen-bond donors (Lipinski definition) is 2. The van der Waals surface area contributed by atoms with Gasteiger partial charge in [-0.25, -0.2) is 0 Å². The van der Waals surface area contributed by atoms with Crippen LogP contribution in [0.5, 0.6) is 5.75 Å². The number of hydrogen-bond acceptors (Lipinski definition) is 3. The van der Waals surface area contributed by atoms with Crippen LogP contribution in [-0.4, -0.2) is 50.1 Å². The minimum absolute atomic E-state index is 0.238. The Bertz CT molecular complexity index is 579. The first-order valence-electron chi connectivity index (χ1n) is 8.21. The number of rotatable bonds is 6. The minimum Gasteiger partial charge on any atom is -0.490 e. The Labute approximate surface area is 148 Å². The third-order valence-corrected chi connectivity index (χ3v) is 4.31. The number of ether oxygens (including phenoxy) is 1. The molecule has 1 heterocycles. The van der Waals surface area contributed by atoms with Crippen molar-refractivity contribution < 1.29 is 9.53 Å². The molecule has 0 bridgehead atoms. The molecule has 1 aromatic carbocycles. The molecule has 0 spiro atoms. The number of nitrogens with zero attached hydrogens (tertiary/aromatic N) is 2. The molecule has 0 radical (unpaired) electrons. The predicted octanol–water partition coefficient (Wildman–Crippen LogP) is 1.88. The molecule has 1 aliphatic rings. The minimum atomic E-state index is -0.238. The molecule has 1 aromatic rings. The number of halogens is 1. The van der Waals surface area contributed by atoms with Crippen LogP contribution in [0, 0.1) is 5.92 Å². The summed E-state index contributed by atoms with van der Waals surface area (Å²) in [6, 6.07) is 7.40. The van der Waals surface area contributed by atoms with E-state index < -0.39 is 0 Å². The number of nitrogens with two attached hydrogens (primary N) is 1. The van der Waals surface area contributed by atoms with Crippen molar-refractivity contribution in [1.29, 1.82) is 0 Å². The molecule has 0 aliphatic carbocycles. The van der Waals surface area contributed by atoms with Gasteiger partial charge in [0.25, 0.3) is 0 Å². The molecule has 1 amide bonds. The Morgan fingerprint density at radius 2 is 2.29 bits per heavy atom. The van der Waals surface area contributed by atoms with Crippen LogP contribution in [0.15, 0.2) is 29.3 Å². The van der Waals surface area contributed by atoms with Crippen molar-refractivity contribution in [2.45, 2.75) is 19.3 Å². The molecule has 6 nitrogen and oxygen atoms in total. The molecule has 132 valence electrons. The van der Waals surface area contributed by atoms with Crippen LogP contribution in [0.1, 0.15) is 19.3 Å². The summed E-state index contributed by atoms with van der Waals surface area (Å²) in [6.45, 7) is 2.84. The first kappa shape index (κ1) is 18.4. The maximum absolute atomic E-state index is 11.1. The Morgan fingerprint density at radius 1 is 1.50 bits per heavy atom. The van der Waals surface area contributed by atoms with Gasteiger partial charge in [0.1, 0.15) is 12.4 Å². The molecular formula is C17H25ClN4O2. The summed E-state index contributed by atoms with van der Waals surface area (Å²) < 4.78 is 5.66. The van der Waals surface area contributed by atoms with Gasteiger partial charge in [-0.15, -0.1) is 0 Å². The molecule has 0 saturated carbocycles.